The maximum Gasteiger partial charge on any atom is 0.211 e. The molecule has 0 bridgehead atoms. The van der Waals surface area contributed by atoms with Crippen LogP contribution < -0.4 is 0 Å². The highest BCUT2D eigenvalue weighted by Crippen LogP contribution is 2.41. The standard InChI is InChI=1S/C45H25N5/c1-48-40-13-7-12-37-35-10-2-5-15-42(35)50(45(37)40)43-22-16-29(27-46)24-38(43)33-9-6-8-32(26-33)31-18-20-34(21-19-31)49-41-14-4-3-11-36(41)39-25-30(28-47)17-23-44(39)49/h2-26H. The zero-order valence-electron chi connectivity index (χ0n) is 26.7. The van der Waals surface area contributed by atoms with Gasteiger partial charge in [0, 0.05) is 27.4 Å². The van der Waals surface area contributed by atoms with Crippen LogP contribution in [0.3, 0.4) is 0 Å². The molecule has 5 heteroatoms. The van der Waals surface area contributed by atoms with Gasteiger partial charge in [-0.1, -0.05) is 84.9 Å². The second kappa shape index (κ2) is 11.4. The van der Waals surface area contributed by atoms with Crippen molar-refractivity contribution in [3.8, 4) is 45.8 Å². The predicted octanol–water partition coefficient (Wildman–Crippen LogP) is 11.5. The van der Waals surface area contributed by atoms with Crippen molar-refractivity contribution in [1.29, 1.82) is 10.5 Å². The Kier molecular flexibility index (Phi) is 6.56. The number of hydrogen-bond donors (Lipinski definition) is 0. The molecule has 50 heavy (non-hydrogen) atoms. The molecule has 0 spiro atoms. The lowest BCUT2D eigenvalue weighted by Crippen LogP contribution is -1.98. The largest absolute Gasteiger partial charge is 0.318 e. The molecule has 0 saturated carbocycles. The van der Waals surface area contributed by atoms with Crippen LogP contribution in [0.2, 0.25) is 0 Å². The van der Waals surface area contributed by atoms with Gasteiger partial charge in [0.15, 0.2) is 0 Å². The van der Waals surface area contributed by atoms with Crippen molar-refractivity contribution in [2.24, 2.45) is 0 Å². The second-order valence-electron chi connectivity index (χ2n) is 12.3. The van der Waals surface area contributed by atoms with Gasteiger partial charge >= 0.3 is 0 Å². The molecule has 9 aromatic rings. The van der Waals surface area contributed by atoms with E-state index in [4.69, 9.17) is 6.57 Å². The van der Waals surface area contributed by atoms with Crippen LogP contribution in [0.1, 0.15) is 11.1 Å². The van der Waals surface area contributed by atoms with Gasteiger partial charge in [0.2, 0.25) is 5.69 Å². The molecule has 0 atom stereocenters. The summed E-state index contributed by atoms with van der Waals surface area (Å²) >= 11 is 0. The Balaban J connectivity index is 1.18. The van der Waals surface area contributed by atoms with Crippen LogP contribution in [-0.2, 0) is 0 Å². The molecule has 0 aliphatic carbocycles. The van der Waals surface area contributed by atoms with Crippen molar-refractivity contribution in [2.45, 2.75) is 0 Å². The van der Waals surface area contributed by atoms with Gasteiger partial charge in [-0.2, -0.15) is 10.5 Å². The normalized spacial score (nSPS) is 11.1. The summed E-state index contributed by atoms with van der Waals surface area (Å²) in [6.07, 6.45) is 0. The first-order valence-electron chi connectivity index (χ1n) is 16.3. The smallest absolute Gasteiger partial charge is 0.211 e. The number of nitriles is 2. The van der Waals surface area contributed by atoms with E-state index < -0.39 is 0 Å². The molecule has 7 aromatic carbocycles. The summed E-state index contributed by atoms with van der Waals surface area (Å²) in [6, 6.07) is 55.6. The Morgan fingerprint density at radius 1 is 0.480 bits per heavy atom. The highest BCUT2D eigenvalue weighted by atomic mass is 15.0. The van der Waals surface area contributed by atoms with Gasteiger partial charge in [0.05, 0.1) is 57.6 Å². The van der Waals surface area contributed by atoms with Gasteiger partial charge in [0.25, 0.3) is 0 Å². The van der Waals surface area contributed by atoms with E-state index in [1.165, 1.54) is 0 Å². The maximum atomic E-state index is 9.94. The number of benzene rings is 7. The lowest BCUT2D eigenvalue weighted by Gasteiger charge is -2.16. The van der Waals surface area contributed by atoms with E-state index in [0.29, 0.717) is 16.8 Å². The zero-order chi connectivity index (χ0) is 33.8. The number of rotatable bonds is 4. The third kappa shape index (κ3) is 4.38. The van der Waals surface area contributed by atoms with Crippen molar-refractivity contribution in [3.05, 3.63) is 174 Å². The SMILES string of the molecule is [C-]#[N+]c1cccc2c3ccccc3n(-c3ccc(C#N)cc3-c3cccc(-c4ccc(-n5c6ccccc6c6cc(C#N)ccc65)cc4)c3)c12. The molecule has 230 valence electrons. The fourth-order valence-electron chi connectivity index (χ4n) is 7.36. The molecule has 0 aliphatic heterocycles. The number of hydrogen-bond acceptors (Lipinski definition) is 2. The quantitative estimate of drug-likeness (QED) is 0.181. The lowest BCUT2D eigenvalue weighted by molar-refractivity contribution is 1.18. The van der Waals surface area contributed by atoms with Crippen LogP contribution in [0.5, 0.6) is 0 Å². The molecule has 0 N–H and O–H groups in total. The molecule has 0 unspecified atom stereocenters. The average Bonchev–Trinajstić information content (AvgIpc) is 3.70. The van der Waals surface area contributed by atoms with Crippen molar-refractivity contribution >= 4 is 49.3 Å². The Morgan fingerprint density at radius 3 is 1.86 bits per heavy atom. The number of para-hydroxylation sites is 3. The third-order valence-corrected chi connectivity index (χ3v) is 9.59. The molecule has 0 fully saturated rings. The van der Waals surface area contributed by atoms with Crippen LogP contribution in [0.4, 0.5) is 5.69 Å². The predicted molar refractivity (Wildman–Crippen MR) is 202 cm³/mol. The number of nitrogens with zero attached hydrogens (tertiary/aromatic N) is 5. The highest BCUT2D eigenvalue weighted by Gasteiger charge is 2.19. The van der Waals surface area contributed by atoms with Gasteiger partial charge < -0.3 is 9.13 Å². The van der Waals surface area contributed by atoms with Gasteiger partial charge in [0.1, 0.15) is 0 Å². The maximum absolute atomic E-state index is 9.94. The third-order valence-electron chi connectivity index (χ3n) is 9.59. The molecule has 0 aliphatic rings. The van der Waals surface area contributed by atoms with E-state index in [9.17, 15) is 10.5 Å². The topological polar surface area (TPSA) is 61.8 Å². The molecule has 0 saturated heterocycles. The van der Waals surface area contributed by atoms with Crippen molar-refractivity contribution < 1.29 is 0 Å². The van der Waals surface area contributed by atoms with Crippen molar-refractivity contribution in [3.63, 3.8) is 0 Å². The van der Waals surface area contributed by atoms with E-state index in [-0.39, 0.29) is 0 Å². The number of fused-ring (bicyclic) bond motifs is 6. The number of aromatic nitrogens is 2. The summed E-state index contributed by atoms with van der Waals surface area (Å²) < 4.78 is 4.41. The first-order valence-corrected chi connectivity index (χ1v) is 16.3. The molecule has 2 heterocycles. The highest BCUT2D eigenvalue weighted by molar-refractivity contribution is 6.14. The first kappa shape index (κ1) is 28.8. The molecule has 0 amide bonds. The molecular formula is C45H25N5. The summed E-state index contributed by atoms with van der Waals surface area (Å²) in [6.45, 7) is 7.98. The Hall–Kier alpha value is -7.39. The molecule has 9 rings (SSSR count). The Labute approximate surface area is 288 Å². The van der Waals surface area contributed by atoms with Crippen LogP contribution in [0.15, 0.2) is 152 Å². The van der Waals surface area contributed by atoms with Gasteiger partial charge in [-0.05, 0) is 88.8 Å². The Bertz CT molecular complexity index is 2960. The molecule has 5 nitrogen and oxygen atoms in total. The molecule has 0 radical (unpaired) electrons. The minimum Gasteiger partial charge on any atom is -0.318 e. The van der Waals surface area contributed by atoms with E-state index in [0.717, 1.165) is 77.2 Å². The lowest BCUT2D eigenvalue weighted by atomic mass is 9.96. The van der Waals surface area contributed by atoms with E-state index in [2.05, 4.69) is 105 Å². The monoisotopic (exact) mass is 635 g/mol. The van der Waals surface area contributed by atoms with Crippen LogP contribution in [0, 0.1) is 29.2 Å². The fraction of sp³-hybridized carbons (Fsp3) is 0. The van der Waals surface area contributed by atoms with Crippen LogP contribution >= 0.6 is 0 Å². The minimum atomic E-state index is 0.567. The average molecular weight is 636 g/mol. The minimum absolute atomic E-state index is 0.567. The summed E-state index contributed by atoms with van der Waals surface area (Å²) in [5, 5.41) is 23.7. The van der Waals surface area contributed by atoms with E-state index in [1.807, 2.05) is 72.8 Å². The zero-order valence-corrected chi connectivity index (χ0v) is 26.7. The summed E-state index contributed by atoms with van der Waals surface area (Å²) in [5.74, 6) is 0. The van der Waals surface area contributed by atoms with Gasteiger partial charge in [-0.15, -0.1) is 0 Å². The van der Waals surface area contributed by atoms with Gasteiger partial charge in [-0.25, -0.2) is 4.85 Å². The van der Waals surface area contributed by atoms with E-state index in [1.54, 1.807) is 0 Å². The summed E-state index contributed by atoms with van der Waals surface area (Å²) in [7, 11) is 0. The fourth-order valence-corrected chi connectivity index (χ4v) is 7.36. The van der Waals surface area contributed by atoms with Crippen molar-refractivity contribution in [1.82, 2.24) is 9.13 Å². The molecule has 2 aromatic heterocycles. The summed E-state index contributed by atoms with van der Waals surface area (Å²) in [4.78, 5) is 3.90. The van der Waals surface area contributed by atoms with E-state index >= 15 is 0 Å². The van der Waals surface area contributed by atoms with Crippen molar-refractivity contribution in [2.75, 3.05) is 0 Å². The second-order valence-corrected chi connectivity index (χ2v) is 12.3. The summed E-state index contributed by atoms with van der Waals surface area (Å²) in [5.41, 5.74) is 11.7. The first-order chi connectivity index (χ1) is 24.7. The van der Waals surface area contributed by atoms with Crippen LogP contribution in [-0.4, -0.2) is 9.13 Å². The molecular weight excluding hydrogens is 611 g/mol. The Morgan fingerprint density at radius 2 is 1.10 bits per heavy atom. The van der Waals surface area contributed by atoms with Gasteiger partial charge in [-0.3, -0.25) is 0 Å². The van der Waals surface area contributed by atoms with Crippen LogP contribution in [0.25, 0.3) is 82.1 Å².